The van der Waals surface area contributed by atoms with Crippen LogP contribution < -0.4 is 10.2 Å². The van der Waals surface area contributed by atoms with Crippen LogP contribution in [0.25, 0.3) is 11.1 Å². The van der Waals surface area contributed by atoms with Crippen LogP contribution in [0.5, 0.6) is 5.75 Å². The van der Waals surface area contributed by atoms with Crippen LogP contribution in [0.3, 0.4) is 0 Å². The van der Waals surface area contributed by atoms with Crippen molar-refractivity contribution in [3.05, 3.63) is 114 Å². The summed E-state index contributed by atoms with van der Waals surface area (Å²) in [6.45, 7) is 0. The van der Waals surface area contributed by atoms with Crippen molar-refractivity contribution < 1.29 is 29.0 Å². The third kappa shape index (κ3) is 6.42. The molecular weight excluding hydrogens is 574 g/mol. The summed E-state index contributed by atoms with van der Waals surface area (Å²) in [7, 11) is -2.35. The molecule has 1 heterocycles. The number of hydrogen-bond acceptors (Lipinski definition) is 6. The van der Waals surface area contributed by atoms with Crippen LogP contribution in [0.2, 0.25) is 0 Å². The van der Waals surface area contributed by atoms with Gasteiger partial charge in [-0.3, -0.25) is 9.46 Å². The van der Waals surface area contributed by atoms with Crippen LogP contribution in [0, 0.1) is 5.82 Å². The number of aliphatic hydroxyl groups excluding tert-OH is 1. The molecule has 4 N–H and O–H groups in total. The van der Waals surface area contributed by atoms with Gasteiger partial charge in [0.15, 0.2) is 0 Å². The van der Waals surface area contributed by atoms with E-state index in [4.69, 9.17) is 12.6 Å². The van der Waals surface area contributed by atoms with Crippen LogP contribution in [0.15, 0.2) is 97.1 Å². The van der Waals surface area contributed by atoms with Crippen molar-refractivity contribution in [2.45, 2.75) is 42.9 Å². The van der Waals surface area contributed by atoms with Crippen molar-refractivity contribution >= 4 is 31.2 Å². The Morgan fingerprint density at radius 2 is 1.57 bits per heavy atom. The molecule has 0 aliphatic carbocycles. The molecule has 1 fully saturated rings. The van der Waals surface area contributed by atoms with Crippen molar-refractivity contribution in [2.75, 3.05) is 11.9 Å². The number of hydrogen-bond donors (Lipinski definition) is 5. The van der Waals surface area contributed by atoms with E-state index in [9.17, 15) is 29.0 Å². The third-order valence-corrected chi connectivity index (χ3v) is 9.56. The minimum atomic E-state index is -4.35. The summed E-state index contributed by atoms with van der Waals surface area (Å²) in [6, 6.07) is 27.0. The fraction of sp³-hybridized carbons (Fsp3) is 0.250. The largest absolute Gasteiger partial charge is 0.508 e. The Balaban J connectivity index is 1.43. The molecule has 0 aromatic heterocycles. The zero-order chi connectivity index (χ0) is 30.0. The van der Waals surface area contributed by atoms with E-state index in [1.807, 2.05) is 49.5 Å². The maximum Gasteiger partial charge on any atom is 0.356 e. The van der Waals surface area contributed by atoms with Crippen LogP contribution in [-0.2, 0) is 4.57 Å². The number of likely N-dealkylation sites (N-methyl/N-ethyl adjacent to an activating group) is 1. The predicted octanol–water partition coefficient (Wildman–Crippen LogP) is 5.98. The van der Waals surface area contributed by atoms with Gasteiger partial charge in [0.1, 0.15) is 17.1 Å². The lowest BCUT2D eigenvalue weighted by Crippen LogP contribution is -2.33. The smallest absolute Gasteiger partial charge is 0.356 e. The standard InChI is InChI=1S/C32H34FN2O5PS/c1-34-28(8-5-9-29(36)22-10-15-24(33)16-11-22)31(35(32(34)42)25-6-3-2-4-7-25)27-19-14-23(20-30(27)37)21-12-17-26(18-13-21)41(38,39)40/h2-4,6-7,10-20,28-29,31-32,36-37,42H,5,8-9H2,1H3,(H2,38,39,40)/t28-,29-,31-,32?/m1/s1. The van der Waals surface area contributed by atoms with E-state index in [0.717, 1.165) is 16.8 Å². The second-order valence-electron chi connectivity index (χ2n) is 10.6. The number of aromatic hydroxyl groups is 1. The minimum absolute atomic E-state index is 0.0487. The van der Waals surface area contributed by atoms with E-state index >= 15 is 0 Å². The van der Waals surface area contributed by atoms with E-state index in [1.165, 1.54) is 24.3 Å². The second kappa shape index (κ2) is 12.6. The average molecular weight is 609 g/mol. The Hall–Kier alpha value is -3.17. The van der Waals surface area contributed by atoms with Crippen molar-refractivity contribution in [1.29, 1.82) is 0 Å². The minimum Gasteiger partial charge on any atom is -0.508 e. The van der Waals surface area contributed by atoms with Crippen LogP contribution in [-0.4, -0.2) is 43.5 Å². The quantitative estimate of drug-likeness (QED) is 0.118. The SMILES string of the molecule is CN1C(S)N(c2ccccc2)[C@H](c2ccc(-c3ccc(P(=O)(O)O)cc3)cc2O)[C@H]1CCC[C@@H](O)c1ccc(F)cc1. The molecule has 0 spiro atoms. The zero-order valence-electron chi connectivity index (χ0n) is 23.0. The van der Waals surface area contributed by atoms with Crippen molar-refractivity contribution in [2.24, 2.45) is 0 Å². The topological polar surface area (TPSA) is 104 Å². The van der Waals surface area contributed by atoms with Gasteiger partial charge in [-0.2, -0.15) is 0 Å². The number of thiol groups is 1. The lowest BCUT2D eigenvalue weighted by Gasteiger charge is -2.31. The lowest BCUT2D eigenvalue weighted by molar-refractivity contribution is 0.157. The number of phenols is 1. The van der Waals surface area contributed by atoms with Gasteiger partial charge in [-0.1, -0.05) is 54.6 Å². The number of phenolic OH excluding ortho intramolecular Hbond substituents is 1. The summed E-state index contributed by atoms with van der Waals surface area (Å²) in [5.41, 5.74) is 3.52. The average Bonchev–Trinajstić information content (AvgIpc) is 3.22. The molecular formula is C32H34FN2O5PS. The van der Waals surface area contributed by atoms with Crippen molar-refractivity contribution in [3.63, 3.8) is 0 Å². The summed E-state index contributed by atoms with van der Waals surface area (Å²) < 4.78 is 24.9. The van der Waals surface area contributed by atoms with E-state index in [2.05, 4.69) is 9.80 Å². The first-order valence-corrected chi connectivity index (χ1v) is 15.8. The fourth-order valence-electron chi connectivity index (χ4n) is 5.73. The van der Waals surface area contributed by atoms with E-state index < -0.39 is 13.7 Å². The van der Waals surface area contributed by atoms with Gasteiger partial charge in [0, 0.05) is 17.3 Å². The van der Waals surface area contributed by atoms with Gasteiger partial charge in [0.05, 0.1) is 17.5 Å². The Kier molecular flexibility index (Phi) is 9.08. The van der Waals surface area contributed by atoms with Crippen molar-refractivity contribution in [1.82, 2.24) is 4.90 Å². The van der Waals surface area contributed by atoms with Gasteiger partial charge in [-0.25, -0.2) is 4.39 Å². The number of nitrogens with zero attached hydrogens (tertiary/aromatic N) is 2. The molecule has 220 valence electrons. The van der Waals surface area contributed by atoms with Crippen LogP contribution >= 0.6 is 20.2 Å². The lowest BCUT2D eigenvalue weighted by atomic mass is 9.91. The van der Waals surface area contributed by atoms with Crippen LogP contribution in [0.1, 0.15) is 42.5 Å². The van der Waals surface area contributed by atoms with Gasteiger partial charge >= 0.3 is 7.60 Å². The molecule has 42 heavy (non-hydrogen) atoms. The molecule has 1 aliphatic rings. The Morgan fingerprint density at radius 1 is 0.929 bits per heavy atom. The van der Waals surface area contributed by atoms with Crippen molar-refractivity contribution in [3.8, 4) is 16.9 Å². The molecule has 1 aliphatic heterocycles. The molecule has 0 amide bonds. The third-order valence-electron chi connectivity index (χ3n) is 7.97. The molecule has 1 saturated heterocycles. The first kappa shape index (κ1) is 30.3. The number of para-hydroxylation sites is 1. The number of rotatable bonds is 9. The predicted molar refractivity (Wildman–Crippen MR) is 166 cm³/mol. The highest BCUT2D eigenvalue weighted by atomic mass is 32.1. The van der Waals surface area contributed by atoms with E-state index in [0.29, 0.717) is 30.4 Å². The number of halogens is 1. The normalized spacial score (nSPS) is 20.1. The molecule has 1 unspecified atom stereocenters. The summed E-state index contributed by atoms with van der Waals surface area (Å²) in [6.07, 6.45) is 1.20. The van der Waals surface area contributed by atoms with Gasteiger partial charge in [0.25, 0.3) is 0 Å². The van der Waals surface area contributed by atoms with E-state index in [-0.39, 0.29) is 34.5 Å². The highest BCUT2D eigenvalue weighted by molar-refractivity contribution is 7.81. The highest BCUT2D eigenvalue weighted by Crippen LogP contribution is 2.46. The molecule has 7 nitrogen and oxygen atoms in total. The monoisotopic (exact) mass is 608 g/mol. The summed E-state index contributed by atoms with van der Waals surface area (Å²) >= 11 is 4.96. The Bertz CT molecular complexity index is 1550. The molecule has 5 rings (SSSR count). The fourth-order valence-corrected chi connectivity index (χ4v) is 6.71. The van der Waals surface area contributed by atoms with Crippen LogP contribution in [0.4, 0.5) is 10.1 Å². The molecule has 0 saturated carbocycles. The molecule has 10 heteroatoms. The summed E-state index contributed by atoms with van der Waals surface area (Å²) in [4.78, 5) is 23.2. The number of aliphatic hydroxyl groups is 1. The highest BCUT2D eigenvalue weighted by Gasteiger charge is 2.45. The molecule has 4 aromatic rings. The number of benzene rings is 4. The summed E-state index contributed by atoms with van der Waals surface area (Å²) in [5.74, 6) is -0.240. The molecule has 0 radical (unpaired) electrons. The van der Waals surface area contributed by atoms with Gasteiger partial charge in [-0.15, -0.1) is 12.6 Å². The maximum absolute atomic E-state index is 13.3. The number of anilines is 1. The first-order chi connectivity index (χ1) is 20.0. The molecule has 4 atom stereocenters. The van der Waals surface area contributed by atoms with Gasteiger partial charge in [0.2, 0.25) is 0 Å². The zero-order valence-corrected chi connectivity index (χ0v) is 24.8. The Morgan fingerprint density at radius 3 is 2.19 bits per heavy atom. The summed E-state index contributed by atoms with van der Waals surface area (Å²) in [5, 5.41) is 22.0. The van der Waals surface area contributed by atoms with Gasteiger partial charge in [-0.05, 0) is 85.5 Å². The van der Waals surface area contributed by atoms with Gasteiger partial charge < -0.3 is 24.9 Å². The van der Waals surface area contributed by atoms with E-state index in [1.54, 1.807) is 30.3 Å². The first-order valence-electron chi connectivity index (χ1n) is 13.7. The molecule has 0 bridgehead atoms. The Labute approximate surface area is 250 Å². The molecule has 4 aromatic carbocycles. The second-order valence-corrected chi connectivity index (χ2v) is 12.7. The maximum atomic E-state index is 13.3.